The summed E-state index contributed by atoms with van der Waals surface area (Å²) in [6, 6.07) is 14.8. The van der Waals surface area contributed by atoms with Gasteiger partial charge in [0.05, 0.1) is 0 Å². The Hall–Kier alpha value is -1.55. The van der Waals surface area contributed by atoms with Crippen LogP contribution in [-0.2, 0) is 0 Å². The maximum absolute atomic E-state index is 4.76. The molecule has 0 bridgehead atoms. The van der Waals surface area contributed by atoms with Gasteiger partial charge in [-0.3, -0.25) is 0 Å². The molecule has 1 aliphatic carbocycles. The summed E-state index contributed by atoms with van der Waals surface area (Å²) in [5, 5.41) is 0. The number of hydrogen-bond donors (Lipinski definition) is 0. The normalized spacial score (nSPS) is 14.9. The van der Waals surface area contributed by atoms with Gasteiger partial charge in [-0.1, -0.05) is 0 Å². The first-order chi connectivity index (χ1) is 8.34. The van der Waals surface area contributed by atoms with Crippen LogP contribution in [0.4, 0.5) is 5.69 Å². The van der Waals surface area contributed by atoms with E-state index < -0.39 is 0 Å². The van der Waals surface area contributed by atoms with E-state index in [4.69, 9.17) is 4.99 Å². The number of nitrogens with zero attached hydrogens (tertiary/aromatic N) is 1. The zero-order valence-corrected chi connectivity index (χ0v) is 9.57. The van der Waals surface area contributed by atoms with Crippen molar-refractivity contribution < 1.29 is 0 Å². The van der Waals surface area contributed by atoms with Crippen LogP contribution in [0.3, 0.4) is 0 Å². The van der Waals surface area contributed by atoms with Gasteiger partial charge in [0.2, 0.25) is 0 Å². The van der Waals surface area contributed by atoms with Crippen molar-refractivity contribution in [3.05, 3.63) is 59.2 Å². The first-order valence-corrected chi connectivity index (χ1v) is 5.85. The molecule has 4 rings (SSSR count). The van der Waals surface area contributed by atoms with Crippen molar-refractivity contribution in [2.24, 2.45) is 4.99 Å². The average Bonchev–Trinajstić information content (AvgIpc) is 2.85. The Labute approximate surface area is 109 Å². The Balaban J connectivity index is 2.04. The molecule has 2 aromatic rings. The van der Waals surface area contributed by atoms with Gasteiger partial charge in [0.25, 0.3) is 0 Å². The van der Waals surface area contributed by atoms with Crippen molar-refractivity contribution in [1.29, 1.82) is 0 Å². The molecule has 1 aliphatic heterocycles. The predicted octanol–water partition coefficient (Wildman–Crippen LogP) is 2.47. The molecule has 0 N–H and O–H groups in total. The van der Waals surface area contributed by atoms with Crippen molar-refractivity contribution in [2.45, 2.75) is 0 Å². The molecule has 0 aromatic heterocycles. The van der Waals surface area contributed by atoms with Gasteiger partial charge in [0.15, 0.2) is 0 Å². The molecule has 2 heteroatoms. The topological polar surface area (TPSA) is 12.4 Å². The fraction of sp³-hybridized carbons (Fsp3) is 0. The molecular formula is C15H8LiN. The number of allylic oxidation sites excluding steroid dienone is 1. The number of rotatable bonds is 0. The van der Waals surface area contributed by atoms with Crippen LogP contribution in [0.5, 0.6) is 0 Å². The summed E-state index contributed by atoms with van der Waals surface area (Å²) in [6.45, 7) is 0. The van der Waals surface area contributed by atoms with Gasteiger partial charge >= 0.3 is 109 Å². The summed E-state index contributed by atoms with van der Waals surface area (Å²) >= 11 is 2.15. The second-order valence-corrected chi connectivity index (χ2v) is 4.57. The van der Waals surface area contributed by atoms with Crippen LogP contribution < -0.4 is 4.24 Å². The molecule has 0 amide bonds. The molecule has 0 saturated heterocycles. The Morgan fingerprint density at radius 3 is 2.76 bits per heavy atom. The molecular weight excluding hydrogens is 201 g/mol. The van der Waals surface area contributed by atoms with Gasteiger partial charge in [-0.25, -0.2) is 0 Å². The molecule has 74 valence electrons. The zero-order valence-electron chi connectivity index (χ0n) is 9.57. The Morgan fingerprint density at radius 2 is 1.82 bits per heavy atom. The van der Waals surface area contributed by atoms with Crippen LogP contribution in [0.15, 0.2) is 47.5 Å². The van der Waals surface area contributed by atoms with Gasteiger partial charge in [0, 0.05) is 0 Å². The zero-order chi connectivity index (χ0) is 11.4. The Kier molecular flexibility index (Phi) is 1.80. The summed E-state index contributed by atoms with van der Waals surface area (Å²) in [7, 11) is 0. The van der Waals surface area contributed by atoms with E-state index in [-0.39, 0.29) is 0 Å². The van der Waals surface area contributed by atoms with E-state index in [9.17, 15) is 0 Å². The van der Waals surface area contributed by atoms with E-state index in [1.54, 1.807) is 0 Å². The first kappa shape index (κ1) is 9.47. The quantitative estimate of drug-likeness (QED) is 0.591. The molecule has 0 atom stereocenters. The first-order valence-electron chi connectivity index (χ1n) is 5.85. The van der Waals surface area contributed by atoms with Crippen molar-refractivity contribution in [3.63, 3.8) is 0 Å². The number of hydrogen-bond acceptors (Lipinski definition) is 1. The Bertz CT molecular complexity index is 711. The fourth-order valence-corrected chi connectivity index (χ4v) is 2.73. The maximum atomic E-state index is 4.76. The third kappa shape index (κ3) is 1.19. The third-order valence-corrected chi connectivity index (χ3v) is 3.52. The van der Waals surface area contributed by atoms with Crippen molar-refractivity contribution in [1.82, 2.24) is 0 Å². The predicted molar refractivity (Wildman–Crippen MR) is 72.3 cm³/mol. The van der Waals surface area contributed by atoms with Crippen molar-refractivity contribution in [2.75, 3.05) is 0 Å². The number of aliphatic imine (C=N–C) groups is 1. The van der Waals surface area contributed by atoms with Gasteiger partial charge in [-0.05, 0) is 0 Å². The van der Waals surface area contributed by atoms with Gasteiger partial charge in [0.1, 0.15) is 0 Å². The van der Waals surface area contributed by atoms with E-state index in [1.807, 2.05) is 0 Å². The Morgan fingerprint density at radius 1 is 0.941 bits per heavy atom. The van der Waals surface area contributed by atoms with E-state index >= 15 is 0 Å². The van der Waals surface area contributed by atoms with Gasteiger partial charge in [-0.15, -0.1) is 0 Å². The molecule has 1 heterocycles. The average molecular weight is 209 g/mol. The minimum absolute atomic E-state index is 1.11. The number of fused-ring (bicyclic) bond motifs is 5. The summed E-state index contributed by atoms with van der Waals surface area (Å²) in [5.74, 6) is 0. The molecule has 0 radical (unpaired) electrons. The van der Waals surface area contributed by atoms with E-state index in [1.165, 1.54) is 26.5 Å². The standard InChI is InChI=1S/C15H8N.Li/c1-2-6-11-10(5-1)9-13-12-7-3-4-8-14(12)16-15(11)13;/h1-6,8-9H;. The third-order valence-electron chi connectivity index (χ3n) is 3.52. The monoisotopic (exact) mass is 209 g/mol. The SMILES string of the molecule is [Li][c]1cccc2c1C1=Cc3ccccc3C1=N2. The fourth-order valence-electron chi connectivity index (χ4n) is 2.73. The number of benzene rings is 2. The van der Waals surface area contributed by atoms with Crippen LogP contribution in [-0.4, -0.2) is 23.4 Å². The summed E-state index contributed by atoms with van der Waals surface area (Å²) in [6.07, 6.45) is 2.26. The molecule has 2 aromatic carbocycles. The van der Waals surface area contributed by atoms with Crippen LogP contribution in [0.25, 0.3) is 11.6 Å². The van der Waals surface area contributed by atoms with Gasteiger partial charge in [-0.2, -0.15) is 0 Å². The molecule has 0 saturated carbocycles. The van der Waals surface area contributed by atoms with E-state index in [0.717, 1.165) is 11.4 Å². The van der Waals surface area contributed by atoms with Crippen LogP contribution in [0.2, 0.25) is 0 Å². The second kappa shape index (κ2) is 3.23. The molecule has 0 fully saturated rings. The van der Waals surface area contributed by atoms with Crippen LogP contribution >= 0.6 is 0 Å². The van der Waals surface area contributed by atoms with E-state index in [2.05, 4.69) is 66.3 Å². The van der Waals surface area contributed by atoms with Crippen LogP contribution in [0.1, 0.15) is 16.7 Å². The van der Waals surface area contributed by atoms with Crippen molar-refractivity contribution in [3.8, 4) is 0 Å². The molecule has 2 aliphatic rings. The van der Waals surface area contributed by atoms with Crippen LogP contribution in [0, 0.1) is 0 Å². The van der Waals surface area contributed by atoms with Gasteiger partial charge < -0.3 is 0 Å². The summed E-state index contributed by atoms with van der Waals surface area (Å²) in [4.78, 5) is 4.76. The van der Waals surface area contributed by atoms with E-state index in [0.29, 0.717) is 0 Å². The molecule has 0 spiro atoms. The molecule has 1 nitrogen and oxygen atoms in total. The van der Waals surface area contributed by atoms with Crippen molar-refractivity contribution >= 4 is 45.0 Å². The second-order valence-electron chi connectivity index (χ2n) is 4.57. The summed E-state index contributed by atoms with van der Waals surface area (Å²) in [5.41, 5.74) is 7.40. The molecule has 17 heavy (non-hydrogen) atoms. The molecule has 0 unspecified atom stereocenters. The summed E-state index contributed by atoms with van der Waals surface area (Å²) < 4.78 is 1.31. The minimum atomic E-state index is 1.11.